The summed E-state index contributed by atoms with van der Waals surface area (Å²) in [4.78, 5) is 39.7. The first-order chi connectivity index (χ1) is 61.8. The number of aryl methyl sites for hydroxylation is 8. The van der Waals surface area contributed by atoms with Crippen molar-refractivity contribution in [2.75, 3.05) is 0 Å². The van der Waals surface area contributed by atoms with Crippen LogP contribution in [0, 0.1) is 56.8 Å². The minimum Gasteiger partial charge on any atom is -0.354 e. The first-order valence-corrected chi connectivity index (χ1v) is 48.9. The molecule has 0 saturated heterocycles. The maximum absolute atomic E-state index is 5.83. The fourth-order valence-electron chi connectivity index (χ4n) is 22.5. The summed E-state index contributed by atoms with van der Waals surface area (Å²) < 4.78 is 0. The van der Waals surface area contributed by atoms with E-state index in [0.717, 1.165) is 230 Å². The average molecular weight is 1720 g/mol. The van der Waals surface area contributed by atoms with Gasteiger partial charge < -0.3 is 19.9 Å². The fourth-order valence-corrected chi connectivity index (χ4v) is 22.5. The molecule has 0 spiro atoms. The molecule has 3 aliphatic carbocycles. The molecule has 4 aliphatic heterocycles. The SMILES string of the molecule is CCC1=C(C)c2nc1cc1[nH]c(c(C)c1CC)c(-c1ccc(C#Cc3ccc(C45CCC(C#Cc6ccc(-c7c8nc(cc9[nH]c(c(C)c9CC)c(-c9cc(C(C)(C)C)cc(C(C)(C)C)c9)c9nc(cc%10[nH]c7c(C)c%10CC)C(CC)=C9C)C(CC)=C8C)cc6)(CC4)CC5)cc3)cc1)c1nc(cc3[nH]c(c(C)c3CC)c2-c2cc(C(C)(C)C)cc(C(C)(C)C)c2)C(CC)=C1C. The van der Waals surface area contributed by atoms with Gasteiger partial charge in [-0.1, -0.05) is 235 Å². The number of H-pyrrole nitrogens is 4. The molecular formula is C122H138N8. The maximum Gasteiger partial charge on any atom is 0.0769 e. The molecule has 6 aromatic heterocycles. The summed E-state index contributed by atoms with van der Waals surface area (Å²) in [6, 6.07) is 51.4. The van der Waals surface area contributed by atoms with Gasteiger partial charge in [-0.3, -0.25) is 0 Å². The van der Waals surface area contributed by atoms with Gasteiger partial charge in [-0.25, -0.2) is 19.9 Å². The summed E-state index contributed by atoms with van der Waals surface area (Å²) >= 11 is 0. The van der Waals surface area contributed by atoms with Gasteiger partial charge in [-0.15, -0.1) is 0 Å². The van der Waals surface area contributed by atoms with Crippen molar-refractivity contribution in [3.05, 3.63) is 268 Å². The smallest absolute Gasteiger partial charge is 0.0769 e. The molecule has 10 heterocycles. The summed E-state index contributed by atoms with van der Waals surface area (Å²) in [7, 11) is 0. The van der Waals surface area contributed by atoms with Crippen LogP contribution < -0.4 is 0 Å². The van der Waals surface area contributed by atoms with Crippen molar-refractivity contribution in [3.8, 4) is 68.2 Å². The number of hydrogen-bond donors (Lipinski definition) is 4. The Morgan fingerprint density at radius 1 is 0.285 bits per heavy atom. The maximum atomic E-state index is 5.83. The molecule has 7 aliphatic rings. The average Bonchev–Trinajstić information content (AvgIpc) is 1.20. The zero-order valence-corrected chi connectivity index (χ0v) is 83.4. The summed E-state index contributed by atoms with van der Waals surface area (Å²) in [5.74, 6) is 15.0. The van der Waals surface area contributed by atoms with E-state index in [9.17, 15) is 0 Å². The van der Waals surface area contributed by atoms with E-state index in [4.69, 9.17) is 19.9 Å². The molecule has 0 unspecified atom stereocenters. The molecule has 4 N–H and O–H groups in total. The number of hydrogen-bond acceptors (Lipinski definition) is 4. The Balaban J connectivity index is 0.670. The second kappa shape index (κ2) is 34.0. The van der Waals surface area contributed by atoms with Gasteiger partial charge in [0.15, 0.2) is 0 Å². The number of fused-ring (bicyclic) bond motifs is 19. The summed E-state index contributed by atoms with van der Waals surface area (Å²) in [6.45, 7) is 64.8. The van der Waals surface area contributed by atoms with Crippen LogP contribution in [0.1, 0.15) is 365 Å². The molecule has 18 bridgehead atoms. The Kier molecular flexibility index (Phi) is 23.6. The van der Waals surface area contributed by atoms with Crippen LogP contribution in [0.25, 0.3) is 133 Å². The lowest BCUT2D eigenvalue weighted by Gasteiger charge is -2.51. The Morgan fingerprint density at radius 2 is 0.531 bits per heavy atom. The highest BCUT2D eigenvalue weighted by Gasteiger charge is 2.49. The normalized spacial score (nSPS) is 16.6. The molecule has 130 heavy (non-hydrogen) atoms. The van der Waals surface area contributed by atoms with Gasteiger partial charge in [0, 0.05) is 66.4 Å². The van der Waals surface area contributed by atoms with Crippen LogP contribution >= 0.6 is 0 Å². The van der Waals surface area contributed by atoms with Crippen LogP contribution in [0.3, 0.4) is 0 Å². The van der Waals surface area contributed by atoms with Crippen LogP contribution in [-0.4, -0.2) is 39.9 Å². The highest BCUT2D eigenvalue weighted by atomic mass is 14.8. The van der Waals surface area contributed by atoms with Crippen molar-refractivity contribution in [1.29, 1.82) is 0 Å². The van der Waals surface area contributed by atoms with Crippen LogP contribution in [0.5, 0.6) is 0 Å². The largest absolute Gasteiger partial charge is 0.354 e. The molecule has 18 rings (SSSR count). The predicted molar refractivity (Wildman–Crippen MR) is 557 cm³/mol. The minimum atomic E-state index is -0.0701. The van der Waals surface area contributed by atoms with Gasteiger partial charge in [-0.05, 0) is 372 Å². The van der Waals surface area contributed by atoms with E-state index in [1.807, 2.05) is 0 Å². The Hall–Kier alpha value is -11.6. The van der Waals surface area contributed by atoms with E-state index < -0.39 is 0 Å². The number of benzene rings is 5. The monoisotopic (exact) mass is 1720 g/mol. The van der Waals surface area contributed by atoms with Gasteiger partial charge in [0.1, 0.15) is 0 Å². The van der Waals surface area contributed by atoms with E-state index in [1.165, 1.54) is 128 Å². The molecule has 5 aromatic carbocycles. The molecule has 3 saturated carbocycles. The Labute approximate surface area is 775 Å². The van der Waals surface area contributed by atoms with Gasteiger partial charge >= 0.3 is 0 Å². The summed E-state index contributed by atoms with van der Waals surface area (Å²) in [6.07, 6.45) is 13.6. The lowest BCUT2D eigenvalue weighted by atomic mass is 9.52. The number of rotatable bonds is 13. The zero-order chi connectivity index (χ0) is 92.7. The molecule has 666 valence electrons. The third-order valence-corrected chi connectivity index (χ3v) is 30.8. The molecular weight excluding hydrogens is 1580 g/mol. The molecule has 11 aromatic rings. The first kappa shape index (κ1) is 90.4. The summed E-state index contributed by atoms with van der Waals surface area (Å²) in [5, 5.41) is 0. The van der Waals surface area contributed by atoms with Crippen molar-refractivity contribution in [1.82, 2.24) is 39.9 Å². The van der Waals surface area contributed by atoms with Crippen LogP contribution in [-0.2, 0) is 52.8 Å². The number of nitrogens with one attached hydrogen (secondary N) is 4. The predicted octanol–water partition coefficient (Wildman–Crippen LogP) is 32.7. The van der Waals surface area contributed by atoms with E-state index in [1.54, 1.807) is 0 Å². The molecule has 8 nitrogen and oxygen atoms in total. The van der Waals surface area contributed by atoms with Crippen LogP contribution in [0.15, 0.2) is 133 Å². The lowest BCUT2D eigenvalue weighted by molar-refractivity contribution is 0.0865. The standard InChI is InChI=1S/C122H138N8/c1-29-89-69(9)109-105(110-70(10)90(30-2)98(124-110)66-102-94(34-6)74(14)114(128-102)107(113-73(13)93(33-5)101(127-113)65-97(89)123-109)82-59-85(117(17,18)19)63-86(60-82)118(20,21)22)80-45-39-77(40-46-80)37-38-78-43-49-84(50-44-78)122-56-53-121(54-57-122,55-58-122)52-51-79-41-47-81(48-42-79)106-111-71(11)91(31-3)99(125-111)67-103-95(35-7)75(15)115(129-103)108(83-61-87(119(23,24)25)64-88(62-83)120(26,27)28)116-76(16)96(36-8)104(130-116)68-100-92(32-4)72(12)112(106)126-100/h39-50,59-68,123,125,128,130H,29-36,53-58H2,1-28H3. The molecule has 0 radical (unpaired) electrons. The van der Waals surface area contributed by atoms with Crippen LogP contribution in [0.2, 0.25) is 0 Å². The Morgan fingerprint density at radius 3 is 0.777 bits per heavy atom. The number of allylic oxidation sites excluding steroid dienone is 8. The van der Waals surface area contributed by atoms with Crippen LogP contribution in [0.4, 0.5) is 0 Å². The second-order valence-electron chi connectivity index (χ2n) is 42.7. The van der Waals surface area contributed by atoms with Gasteiger partial charge in [-0.2, -0.15) is 0 Å². The quantitative estimate of drug-likeness (QED) is 0.0861. The van der Waals surface area contributed by atoms with Crippen molar-refractivity contribution < 1.29 is 0 Å². The zero-order valence-electron chi connectivity index (χ0n) is 83.4. The van der Waals surface area contributed by atoms with Crippen molar-refractivity contribution in [2.24, 2.45) is 5.41 Å². The second-order valence-corrected chi connectivity index (χ2v) is 42.7. The molecule has 0 atom stereocenters. The third-order valence-electron chi connectivity index (χ3n) is 30.8. The molecule has 0 amide bonds. The minimum absolute atomic E-state index is 0.00105. The van der Waals surface area contributed by atoms with Gasteiger partial charge in [0.2, 0.25) is 0 Å². The topological polar surface area (TPSA) is 115 Å². The Bertz CT molecular complexity index is 7060. The highest BCUT2D eigenvalue weighted by molar-refractivity contribution is 6.07. The number of aromatic amines is 4. The number of aromatic nitrogens is 8. The lowest BCUT2D eigenvalue weighted by Crippen LogP contribution is -2.43. The molecule has 8 heteroatoms. The van der Waals surface area contributed by atoms with Crippen molar-refractivity contribution >= 4 is 88.7 Å². The fraction of sp³-hybridized carbons (Fsp3) is 0.393. The highest BCUT2D eigenvalue weighted by Crippen LogP contribution is 2.58. The first-order valence-electron chi connectivity index (χ1n) is 48.9. The number of nitrogens with zero attached hydrogens (tertiary/aromatic N) is 4. The van der Waals surface area contributed by atoms with E-state index >= 15 is 0 Å². The van der Waals surface area contributed by atoms with Gasteiger partial charge in [0.05, 0.1) is 67.6 Å². The van der Waals surface area contributed by atoms with E-state index in [-0.39, 0.29) is 32.5 Å². The van der Waals surface area contributed by atoms with Crippen molar-refractivity contribution in [2.45, 2.75) is 311 Å². The van der Waals surface area contributed by atoms with Crippen molar-refractivity contribution in [3.63, 3.8) is 0 Å². The molecule has 3 fully saturated rings. The van der Waals surface area contributed by atoms with Gasteiger partial charge in [0.25, 0.3) is 0 Å². The van der Waals surface area contributed by atoms with E-state index in [2.05, 4.69) is 371 Å². The third kappa shape index (κ3) is 15.9. The summed E-state index contributed by atoms with van der Waals surface area (Å²) in [5.41, 5.74) is 56.0. The van der Waals surface area contributed by atoms with E-state index in [0.29, 0.717) is 0 Å².